The second kappa shape index (κ2) is 5.01. The van der Waals surface area contributed by atoms with Crippen molar-refractivity contribution in [2.24, 2.45) is 0 Å². The molecule has 0 saturated heterocycles. The van der Waals surface area contributed by atoms with Gasteiger partial charge in [-0.3, -0.25) is 0 Å². The average molecular weight is 194 g/mol. The summed E-state index contributed by atoms with van der Waals surface area (Å²) >= 11 is 0. The van der Waals surface area contributed by atoms with E-state index >= 15 is 0 Å². The summed E-state index contributed by atoms with van der Waals surface area (Å²) in [6.45, 7) is 3.87. The molecule has 0 aliphatic heterocycles. The Hall–Kier alpha value is -1.02. The molecule has 78 valence electrons. The molecule has 0 fully saturated rings. The van der Waals surface area contributed by atoms with Crippen LogP contribution >= 0.6 is 0 Å². The zero-order chi connectivity index (χ0) is 10.6. The van der Waals surface area contributed by atoms with E-state index in [9.17, 15) is 5.11 Å². The van der Waals surface area contributed by atoms with Gasteiger partial charge in [-0.25, -0.2) is 0 Å². The van der Waals surface area contributed by atoms with E-state index < -0.39 is 0 Å². The molecule has 2 heteroatoms. The highest BCUT2D eigenvalue weighted by molar-refractivity contribution is 5.36. The van der Waals surface area contributed by atoms with Crippen LogP contribution in [0.15, 0.2) is 18.2 Å². The number of hydrogen-bond donors (Lipinski definition) is 1. The SMILES string of the molecule is COc1ccc(C)cc1CCC(C)O. The molecule has 2 nitrogen and oxygen atoms in total. The molecule has 0 amide bonds. The fraction of sp³-hybridized carbons (Fsp3) is 0.500. The molecule has 0 aliphatic rings. The highest BCUT2D eigenvalue weighted by atomic mass is 16.5. The zero-order valence-corrected chi connectivity index (χ0v) is 9.08. The minimum Gasteiger partial charge on any atom is -0.496 e. The molecule has 0 radical (unpaired) electrons. The van der Waals surface area contributed by atoms with Crippen molar-refractivity contribution in [3.8, 4) is 5.75 Å². The summed E-state index contributed by atoms with van der Waals surface area (Å²) in [5.41, 5.74) is 2.40. The predicted octanol–water partition coefficient (Wildman–Crippen LogP) is 2.32. The van der Waals surface area contributed by atoms with Gasteiger partial charge in [0.1, 0.15) is 5.75 Å². The first-order valence-electron chi connectivity index (χ1n) is 4.95. The van der Waals surface area contributed by atoms with Crippen molar-refractivity contribution >= 4 is 0 Å². The molecule has 1 aromatic rings. The van der Waals surface area contributed by atoms with Crippen molar-refractivity contribution in [1.29, 1.82) is 0 Å². The van der Waals surface area contributed by atoms with Gasteiger partial charge < -0.3 is 9.84 Å². The molecular weight excluding hydrogens is 176 g/mol. The summed E-state index contributed by atoms with van der Waals surface area (Å²) in [7, 11) is 1.68. The molecule has 1 N–H and O–H groups in total. The van der Waals surface area contributed by atoms with Gasteiger partial charge in [0.25, 0.3) is 0 Å². The van der Waals surface area contributed by atoms with Crippen LogP contribution < -0.4 is 4.74 Å². The molecule has 0 aliphatic carbocycles. The van der Waals surface area contributed by atoms with Crippen LogP contribution in [-0.2, 0) is 6.42 Å². The molecule has 1 rings (SSSR count). The van der Waals surface area contributed by atoms with Gasteiger partial charge >= 0.3 is 0 Å². The molecule has 1 atom stereocenters. The lowest BCUT2D eigenvalue weighted by molar-refractivity contribution is 0.184. The van der Waals surface area contributed by atoms with E-state index in [2.05, 4.69) is 13.0 Å². The summed E-state index contributed by atoms with van der Waals surface area (Å²) in [6, 6.07) is 6.12. The number of aryl methyl sites for hydroxylation is 2. The van der Waals surface area contributed by atoms with Crippen molar-refractivity contribution < 1.29 is 9.84 Å². The first-order chi connectivity index (χ1) is 6.63. The zero-order valence-electron chi connectivity index (χ0n) is 9.08. The van der Waals surface area contributed by atoms with Gasteiger partial charge in [-0.15, -0.1) is 0 Å². The Bertz CT molecular complexity index is 292. The fourth-order valence-electron chi connectivity index (χ4n) is 1.47. The van der Waals surface area contributed by atoms with E-state index in [1.54, 1.807) is 7.11 Å². The lowest BCUT2D eigenvalue weighted by atomic mass is 10.0. The lowest BCUT2D eigenvalue weighted by Gasteiger charge is -2.10. The highest BCUT2D eigenvalue weighted by Gasteiger charge is 2.04. The molecule has 0 heterocycles. The Labute approximate surface area is 85.5 Å². The van der Waals surface area contributed by atoms with Crippen LogP contribution in [0, 0.1) is 6.92 Å². The molecule has 1 aromatic carbocycles. The fourth-order valence-corrected chi connectivity index (χ4v) is 1.47. The Morgan fingerprint density at radius 2 is 2.14 bits per heavy atom. The maximum Gasteiger partial charge on any atom is 0.122 e. The van der Waals surface area contributed by atoms with Crippen LogP contribution in [0.3, 0.4) is 0 Å². The van der Waals surface area contributed by atoms with Crippen LogP contribution in [-0.4, -0.2) is 18.3 Å². The Balaban J connectivity index is 2.77. The van der Waals surface area contributed by atoms with Crippen molar-refractivity contribution in [3.05, 3.63) is 29.3 Å². The topological polar surface area (TPSA) is 29.5 Å². The minimum atomic E-state index is -0.250. The number of rotatable bonds is 4. The summed E-state index contributed by atoms with van der Waals surface area (Å²) in [5.74, 6) is 0.913. The van der Waals surface area contributed by atoms with Crippen molar-refractivity contribution in [2.45, 2.75) is 32.8 Å². The van der Waals surface area contributed by atoms with Crippen molar-refractivity contribution in [3.63, 3.8) is 0 Å². The van der Waals surface area contributed by atoms with E-state index in [0.717, 1.165) is 18.6 Å². The smallest absolute Gasteiger partial charge is 0.122 e. The number of methoxy groups -OCH3 is 1. The first kappa shape index (κ1) is 11.1. The van der Waals surface area contributed by atoms with E-state index in [0.29, 0.717) is 0 Å². The van der Waals surface area contributed by atoms with Crippen molar-refractivity contribution in [2.75, 3.05) is 7.11 Å². The van der Waals surface area contributed by atoms with E-state index in [1.807, 2.05) is 19.1 Å². The molecule has 1 unspecified atom stereocenters. The number of hydrogen-bond acceptors (Lipinski definition) is 2. The molecule has 0 spiro atoms. The third kappa shape index (κ3) is 3.04. The van der Waals surface area contributed by atoms with Gasteiger partial charge in [-0.1, -0.05) is 17.7 Å². The van der Waals surface area contributed by atoms with Crippen molar-refractivity contribution in [1.82, 2.24) is 0 Å². The Morgan fingerprint density at radius 1 is 1.43 bits per heavy atom. The molecule has 0 bridgehead atoms. The number of ether oxygens (including phenoxy) is 1. The number of benzene rings is 1. The van der Waals surface area contributed by atoms with E-state index in [-0.39, 0.29) is 6.10 Å². The predicted molar refractivity (Wildman–Crippen MR) is 57.7 cm³/mol. The van der Waals surface area contributed by atoms with Gasteiger partial charge in [0.2, 0.25) is 0 Å². The van der Waals surface area contributed by atoms with Crippen LogP contribution in [0.2, 0.25) is 0 Å². The second-order valence-electron chi connectivity index (χ2n) is 3.70. The Kier molecular flexibility index (Phi) is 3.96. The van der Waals surface area contributed by atoms with Gasteiger partial charge in [-0.05, 0) is 38.3 Å². The van der Waals surface area contributed by atoms with Crippen LogP contribution in [0.1, 0.15) is 24.5 Å². The maximum atomic E-state index is 9.21. The Morgan fingerprint density at radius 3 is 2.71 bits per heavy atom. The summed E-state index contributed by atoms with van der Waals surface area (Å²) < 4.78 is 5.25. The monoisotopic (exact) mass is 194 g/mol. The van der Waals surface area contributed by atoms with E-state index in [1.165, 1.54) is 11.1 Å². The number of aliphatic hydroxyl groups excluding tert-OH is 1. The molecule has 14 heavy (non-hydrogen) atoms. The largest absolute Gasteiger partial charge is 0.496 e. The van der Waals surface area contributed by atoms with E-state index in [4.69, 9.17) is 4.74 Å². The number of aliphatic hydroxyl groups is 1. The highest BCUT2D eigenvalue weighted by Crippen LogP contribution is 2.21. The lowest BCUT2D eigenvalue weighted by Crippen LogP contribution is -2.02. The van der Waals surface area contributed by atoms with Gasteiger partial charge in [0, 0.05) is 0 Å². The van der Waals surface area contributed by atoms with Crippen LogP contribution in [0.4, 0.5) is 0 Å². The summed E-state index contributed by atoms with van der Waals surface area (Å²) in [6.07, 6.45) is 1.39. The maximum absolute atomic E-state index is 9.21. The van der Waals surface area contributed by atoms with Crippen LogP contribution in [0.25, 0.3) is 0 Å². The average Bonchev–Trinajstić information content (AvgIpc) is 2.15. The second-order valence-corrected chi connectivity index (χ2v) is 3.70. The van der Waals surface area contributed by atoms with Gasteiger partial charge in [0.05, 0.1) is 13.2 Å². The summed E-state index contributed by atoms with van der Waals surface area (Å²) in [4.78, 5) is 0. The molecule has 0 aromatic heterocycles. The van der Waals surface area contributed by atoms with Gasteiger partial charge in [0.15, 0.2) is 0 Å². The third-order valence-electron chi connectivity index (χ3n) is 2.27. The van der Waals surface area contributed by atoms with Crippen LogP contribution in [0.5, 0.6) is 5.75 Å². The molecular formula is C12H18O2. The summed E-state index contributed by atoms with van der Waals surface area (Å²) in [5, 5.41) is 9.21. The third-order valence-corrected chi connectivity index (χ3v) is 2.27. The normalized spacial score (nSPS) is 12.6. The minimum absolute atomic E-state index is 0.250. The van der Waals surface area contributed by atoms with Gasteiger partial charge in [-0.2, -0.15) is 0 Å². The standard InChI is InChI=1S/C12H18O2/c1-9-4-7-12(14-3)11(8-9)6-5-10(2)13/h4,7-8,10,13H,5-6H2,1-3H3. The molecule has 0 saturated carbocycles. The first-order valence-corrected chi connectivity index (χ1v) is 4.95. The quantitative estimate of drug-likeness (QED) is 0.797.